The fourth-order valence-electron chi connectivity index (χ4n) is 1.99. The molecular formula is C12H13F2NO2. The van der Waals surface area contributed by atoms with Gasteiger partial charge < -0.3 is 10.0 Å². The van der Waals surface area contributed by atoms with Gasteiger partial charge in [-0.05, 0) is 17.7 Å². The van der Waals surface area contributed by atoms with Gasteiger partial charge in [-0.1, -0.05) is 6.07 Å². The molecule has 2 rings (SSSR count). The Morgan fingerprint density at radius 1 is 1.35 bits per heavy atom. The number of hydrogen-bond donors (Lipinski definition) is 1. The normalized spacial score (nSPS) is 20.1. The molecule has 1 fully saturated rings. The van der Waals surface area contributed by atoms with E-state index in [9.17, 15) is 13.6 Å². The van der Waals surface area contributed by atoms with E-state index >= 15 is 0 Å². The molecule has 0 radical (unpaired) electrons. The Bertz CT molecular complexity index is 437. The maximum Gasteiger partial charge on any atom is 0.223 e. The van der Waals surface area contributed by atoms with Gasteiger partial charge in [0.25, 0.3) is 0 Å². The zero-order valence-electron chi connectivity index (χ0n) is 9.20. The van der Waals surface area contributed by atoms with E-state index in [0.29, 0.717) is 18.5 Å². The lowest BCUT2D eigenvalue weighted by Crippen LogP contribution is -2.25. The Morgan fingerprint density at radius 2 is 2.12 bits per heavy atom. The van der Waals surface area contributed by atoms with Gasteiger partial charge in [0.2, 0.25) is 5.91 Å². The highest BCUT2D eigenvalue weighted by Crippen LogP contribution is 2.20. The molecule has 1 aromatic rings. The number of carbonyl (C=O) groups excluding carboxylic acids is 1. The number of halogens is 2. The highest BCUT2D eigenvalue weighted by Gasteiger charge is 2.28. The molecule has 0 saturated carbocycles. The van der Waals surface area contributed by atoms with Crippen LogP contribution in [-0.2, 0) is 11.3 Å². The molecule has 92 valence electrons. The van der Waals surface area contributed by atoms with Crippen molar-refractivity contribution in [1.29, 1.82) is 0 Å². The summed E-state index contributed by atoms with van der Waals surface area (Å²) in [5.74, 6) is -1.91. The number of benzene rings is 1. The summed E-state index contributed by atoms with van der Waals surface area (Å²) in [5, 5.41) is 8.96. The van der Waals surface area contributed by atoms with Crippen molar-refractivity contribution in [3.8, 4) is 0 Å². The summed E-state index contributed by atoms with van der Waals surface area (Å²) < 4.78 is 25.7. The molecule has 1 aliphatic rings. The Morgan fingerprint density at radius 3 is 2.71 bits per heavy atom. The van der Waals surface area contributed by atoms with E-state index in [1.54, 1.807) is 4.90 Å². The largest absolute Gasteiger partial charge is 0.396 e. The van der Waals surface area contributed by atoms with E-state index in [0.717, 1.165) is 12.1 Å². The highest BCUT2D eigenvalue weighted by molar-refractivity contribution is 5.78. The van der Waals surface area contributed by atoms with Crippen molar-refractivity contribution >= 4 is 5.91 Å². The molecule has 0 aliphatic carbocycles. The number of aliphatic hydroxyl groups excluding tert-OH is 1. The molecule has 5 heteroatoms. The van der Waals surface area contributed by atoms with Crippen molar-refractivity contribution in [2.24, 2.45) is 5.92 Å². The van der Waals surface area contributed by atoms with E-state index in [4.69, 9.17) is 5.11 Å². The quantitative estimate of drug-likeness (QED) is 0.866. The van der Waals surface area contributed by atoms with Crippen molar-refractivity contribution in [2.45, 2.75) is 13.0 Å². The smallest absolute Gasteiger partial charge is 0.223 e. The lowest BCUT2D eigenvalue weighted by Gasteiger charge is -2.16. The van der Waals surface area contributed by atoms with Crippen LogP contribution in [0.1, 0.15) is 12.0 Å². The SMILES string of the molecule is O=C1CC(CO)CN1Cc1ccc(F)c(F)c1. The van der Waals surface area contributed by atoms with Gasteiger partial charge in [-0.15, -0.1) is 0 Å². The van der Waals surface area contributed by atoms with Crippen molar-refractivity contribution in [2.75, 3.05) is 13.2 Å². The first-order valence-corrected chi connectivity index (χ1v) is 5.42. The van der Waals surface area contributed by atoms with Crippen LogP contribution in [-0.4, -0.2) is 29.1 Å². The summed E-state index contributed by atoms with van der Waals surface area (Å²) in [6.07, 6.45) is 0.320. The minimum Gasteiger partial charge on any atom is -0.396 e. The van der Waals surface area contributed by atoms with Crippen LogP contribution in [0.15, 0.2) is 18.2 Å². The van der Waals surface area contributed by atoms with Crippen LogP contribution in [0.3, 0.4) is 0 Å². The first-order chi connectivity index (χ1) is 8.10. The maximum atomic E-state index is 13.0. The molecule has 1 aromatic carbocycles. The zero-order chi connectivity index (χ0) is 12.4. The van der Waals surface area contributed by atoms with Gasteiger partial charge in [-0.2, -0.15) is 0 Å². The van der Waals surface area contributed by atoms with Gasteiger partial charge in [-0.3, -0.25) is 4.79 Å². The van der Waals surface area contributed by atoms with Crippen LogP contribution in [0.2, 0.25) is 0 Å². The summed E-state index contributed by atoms with van der Waals surface area (Å²) in [5.41, 5.74) is 0.552. The van der Waals surface area contributed by atoms with Crippen molar-refractivity contribution < 1.29 is 18.7 Å². The number of carbonyl (C=O) groups is 1. The van der Waals surface area contributed by atoms with Crippen LogP contribution in [0.25, 0.3) is 0 Å². The van der Waals surface area contributed by atoms with E-state index in [-0.39, 0.29) is 25.0 Å². The molecule has 1 saturated heterocycles. The Balaban J connectivity index is 2.06. The molecular weight excluding hydrogens is 228 g/mol. The molecule has 0 spiro atoms. The van der Waals surface area contributed by atoms with Gasteiger partial charge in [-0.25, -0.2) is 8.78 Å². The number of amides is 1. The number of likely N-dealkylation sites (tertiary alicyclic amines) is 1. The van der Waals surface area contributed by atoms with Crippen LogP contribution in [0.4, 0.5) is 8.78 Å². The molecule has 1 heterocycles. The molecule has 0 aromatic heterocycles. The minimum absolute atomic E-state index is 0.0278. The highest BCUT2D eigenvalue weighted by atomic mass is 19.2. The summed E-state index contributed by atoms with van der Waals surface area (Å²) >= 11 is 0. The third-order valence-corrected chi connectivity index (χ3v) is 2.91. The molecule has 1 aliphatic heterocycles. The lowest BCUT2D eigenvalue weighted by atomic mass is 10.1. The molecule has 3 nitrogen and oxygen atoms in total. The second-order valence-corrected chi connectivity index (χ2v) is 4.28. The summed E-state index contributed by atoms with van der Waals surface area (Å²) in [4.78, 5) is 13.1. The van der Waals surface area contributed by atoms with Crippen molar-refractivity contribution in [1.82, 2.24) is 4.90 Å². The Kier molecular flexibility index (Phi) is 3.38. The van der Waals surface area contributed by atoms with E-state index in [1.807, 2.05) is 0 Å². The molecule has 0 bridgehead atoms. The van der Waals surface area contributed by atoms with Gasteiger partial charge >= 0.3 is 0 Å². The number of rotatable bonds is 3. The maximum absolute atomic E-state index is 13.0. The van der Waals surface area contributed by atoms with E-state index in [2.05, 4.69) is 0 Å². The minimum atomic E-state index is -0.909. The molecule has 1 N–H and O–H groups in total. The summed E-state index contributed by atoms with van der Waals surface area (Å²) in [6.45, 7) is 0.695. The van der Waals surface area contributed by atoms with Gasteiger partial charge in [0.05, 0.1) is 0 Å². The predicted molar refractivity (Wildman–Crippen MR) is 57.0 cm³/mol. The second-order valence-electron chi connectivity index (χ2n) is 4.28. The topological polar surface area (TPSA) is 40.5 Å². The molecule has 1 unspecified atom stereocenters. The number of nitrogens with zero attached hydrogens (tertiary/aromatic N) is 1. The number of hydrogen-bond acceptors (Lipinski definition) is 2. The third-order valence-electron chi connectivity index (χ3n) is 2.91. The lowest BCUT2D eigenvalue weighted by molar-refractivity contribution is -0.128. The van der Waals surface area contributed by atoms with Crippen LogP contribution < -0.4 is 0 Å². The van der Waals surface area contributed by atoms with Crippen molar-refractivity contribution in [3.63, 3.8) is 0 Å². The van der Waals surface area contributed by atoms with E-state index in [1.165, 1.54) is 6.07 Å². The Labute approximate surface area is 97.7 Å². The van der Waals surface area contributed by atoms with E-state index < -0.39 is 11.6 Å². The van der Waals surface area contributed by atoms with Gasteiger partial charge in [0.1, 0.15) is 0 Å². The van der Waals surface area contributed by atoms with Crippen LogP contribution in [0, 0.1) is 17.6 Å². The van der Waals surface area contributed by atoms with Crippen molar-refractivity contribution in [3.05, 3.63) is 35.4 Å². The molecule has 17 heavy (non-hydrogen) atoms. The predicted octanol–water partition coefficient (Wildman–Crippen LogP) is 1.31. The fraction of sp³-hybridized carbons (Fsp3) is 0.417. The average Bonchev–Trinajstić information content (AvgIpc) is 2.65. The summed E-state index contributed by atoms with van der Waals surface area (Å²) in [7, 11) is 0. The van der Waals surface area contributed by atoms with Crippen LogP contribution in [0.5, 0.6) is 0 Å². The van der Waals surface area contributed by atoms with Crippen LogP contribution >= 0.6 is 0 Å². The summed E-state index contributed by atoms with van der Waals surface area (Å²) in [6, 6.07) is 3.60. The monoisotopic (exact) mass is 241 g/mol. The first kappa shape index (κ1) is 12.0. The molecule has 1 atom stereocenters. The molecule has 1 amide bonds. The third kappa shape index (κ3) is 2.61. The first-order valence-electron chi connectivity index (χ1n) is 5.42. The number of aliphatic hydroxyl groups is 1. The van der Waals surface area contributed by atoms with Gasteiger partial charge in [0, 0.05) is 32.0 Å². The van der Waals surface area contributed by atoms with Gasteiger partial charge in [0.15, 0.2) is 11.6 Å². The Hall–Kier alpha value is -1.49. The average molecular weight is 241 g/mol. The standard InChI is InChI=1S/C12H13F2NO2/c13-10-2-1-8(3-11(10)14)5-15-6-9(7-16)4-12(15)17/h1-3,9,16H,4-7H2. The second kappa shape index (κ2) is 4.79. The zero-order valence-corrected chi connectivity index (χ0v) is 9.20. The fourth-order valence-corrected chi connectivity index (χ4v) is 1.99.